The van der Waals surface area contributed by atoms with Gasteiger partial charge in [-0.15, -0.1) is 0 Å². The maximum absolute atomic E-state index is 11.5. The Hall–Kier alpha value is -1.07. The van der Waals surface area contributed by atoms with E-state index in [9.17, 15) is 9.90 Å². The molecule has 100 valence electrons. The summed E-state index contributed by atoms with van der Waals surface area (Å²) in [6, 6.07) is 5.72. The Bertz CT molecular complexity index is 423. The number of aliphatic hydroxyl groups excluding tert-OH is 1. The van der Waals surface area contributed by atoms with Crippen molar-refractivity contribution in [3.8, 4) is 0 Å². The Morgan fingerprint density at radius 2 is 2.22 bits per heavy atom. The van der Waals surface area contributed by atoms with Crippen LogP contribution in [0.5, 0.6) is 0 Å². The first-order chi connectivity index (χ1) is 8.49. The van der Waals surface area contributed by atoms with Gasteiger partial charge in [0.05, 0.1) is 12.5 Å². The molecule has 0 spiro atoms. The van der Waals surface area contributed by atoms with Gasteiger partial charge >= 0.3 is 0 Å². The highest BCUT2D eigenvalue weighted by Gasteiger charge is 2.15. The van der Waals surface area contributed by atoms with E-state index in [0.717, 1.165) is 15.7 Å². The lowest BCUT2D eigenvalue weighted by atomic mass is 10.1. The lowest BCUT2D eigenvalue weighted by molar-refractivity contribution is -0.123. The molecule has 1 aromatic carbocycles. The number of anilines is 1. The summed E-state index contributed by atoms with van der Waals surface area (Å²) in [6.45, 7) is 2.47. The second kappa shape index (κ2) is 6.75. The lowest BCUT2D eigenvalue weighted by Crippen LogP contribution is -2.34. The number of amides is 1. The summed E-state index contributed by atoms with van der Waals surface area (Å²) >= 11 is 3.42. The van der Waals surface area contributed by atoms with Crippen molar-refractivity contribution < 1.29 is 9.90 Å². The molecule has 0 aliphatic heterocycles. The number of hydrogen-bond acceptors (Lipinski definition) is 3. The summed E-state index contributed by atoms with van der Waals surface area (Å²) in [5, 5.41) is 12.0. The maximum atomic E-state index is 11.5. The van der Waals surface area contributed by atoms with Crippen LogP contribution in [0.25, 0.3) is 0 Å². The molecule has 18 heavy (non-hydrogen) atoms. The van der Waals surface area contributed by atoms with Crippen LogP contribution in [-0.4, -0.2) is 31.7 Å². The predicted octanol–water partition coefficient (Wildman–Crippen LogP) is 1.76. The van der Waals surface area contributed by atoms with Crippen molar-refractivity contribution >= 4 is 27.5 Å². The van der Waals surface area contributed by atoms with Gasteiger partial charge in [-0.05, 0) is 12.1 Å². The third-order valence-electron chi connectivity index (χ3n) is 2.87. The molecule has 1 rings (SSSR count). The van der Waals surface area contributed by atoms with Gasteiger partial charge in [-0.1, -0.05) is 28.9 Å². The van der Waals surface area contributed by atoms with E-state index in [1.54, 1.807) is 7.05 Å². The van der Waals surface area contributed by atoms with Crippen molar-refractivity contribution in [3.63, 3.8) is 0 Å². The molecule has 1 unspecified atom stereocenters. The normalized spacial score (nSPS) is 12.1. The van der Waals surface area contributed by atoms with Crippen molar-refractivity contribution in [2.75, 3.05) is 25.5 Å². The largest absolute Gasteiger partial charge is 0.392 e. The van der Waals surface area contributed by atoms with E-state index < -0.39 is 0 Å². The van der Waals surface area contributed by atoms with Crippen LogP contribution >= 0.6 is 15.9 Å². The van der Waals surface area contributed by atoms with Crippen LogP contribution in [0.1, 0.15) is 12.5 Å². The fourth-order valence-corrected chi connectivity index (χ4v) is 2.21. The fourth-order valence-electron chi connectivity index (χ4n) is 1.86. The first-order valence-corrected chi connectivity index (χ1v) is 6.61. The van der Waals surface area contributed by atoms with Crippen molar-refractivity contribution in [1.82, 2.24) is 5.32 Å². The van der Waals surface area contributed by atoms with E-state index in [-0.39, 0.29) is 18.4 Å². The van der Waals surface area contributed by atoms with Crippen molar-refractivity contribution in [2.45, 2.75) is 13.5 Å². The number of aliphatic hydroxyl groups is 1. The summed E-state index contributed by atoms with van der Waals surface area (Å²) in [7, 11) is 3.55. The second-order valence-corrected chi connectivity index (χ2v) is 5.24. The average molecular weight is 315 g/mol. The molecule has 0 bridgehead atoms. The Balaban J connectivity index is 2.86. The average Bonchev–Trinajstić information content (AvgIpc) is 2.37. The van der Waals surface area contributed by atoms with Gasteiger partial charge in [-0.2, -0.15) is 0 Å². The first kappa shape index (κ1) is 15.0. The summed E-state index contributed by atoms with van der Waals surface area (Å²) in [6.07, 6.45) is 0. The molecule has 0 aliphatic rings. The van der Waals surface area contributed by atoms with Crippen molar-refractivity contribution in [3.05, 3.63) is 28.2 Å². The van der Waals surface area contributed by atoms with Crippen LogP contribution < -0.4 is 10.2 Å². The van der Waals surface area contributed by atoms with Crippen LogP contribution in [0.4, 0.5) is 5.69 Å². The molecule has 0 aliphatic carbocycles. The number of nitrogens with zero attached hydrogens (tertiary/aromatic N) is 1. The highest BCUT2D eigenvalue weighted by atomic mass is 79.9. The third kappa shape index (κ3) is 3.71. The number of carbonyl (C=O) groups excluding carboxylic acids is 1. The van der Waals surface area contributed by atoms with E-state index in [1.807, 2.05) is 37.1 Å². The van der Waals surface area contributed by atoms with E-state index in [4.69, 9.17) is 0 Å². The van der Waals surface area contributed by atoms with E-state index in [0.29, 0.717) is 6.54 Å². The SMILES string of the molecule is CNC(=O)C(C)CN(C)c1cc(Br)ccc1CO. The number of nitrogens with one attached hydrogen (secondary N) is 1. The number of carbonyl (C=O) groups is 1. The topological polar surface area (TPSA) is 52.6 Å². The number of rotatable bonds is 5. The van der Waals surface area contributed by atoms with Crippen LogP contribution in [-0.2, 0) is 11.4 Å². The van der Waals surface area contributed by atoms with Crippen molar-refractivity contribution in [1.29, 1.82) is 0 Å². The molecule has 1 atom stereocenters. The number of halogens is 1. The Morgan fingerprint density at radius 1 is 1.56 bits per heavy atom. The minimum Gasteiger partial charge on any atom is -0.392 e. The van der Waals surface area contributed by atoms with Gasteiger partial charge in [0.2, 0.25) is 5.91 Å². The zero-order valence-corrected chi connectivity index (χ0v) is 12.5. The third-order valence-corrected chi connectivity index (χ3v) is 3.36. The molecule has 0 saturated heterocycles. The molecule has 1 amide bonds. The quantitative estimate of drug-likeness (QED) is 0.870. The Kier molecular flexibility index (Phi) is 5.62. The maximum Gasteiger partial charge on any atom is 0.224 e. The Morgan fingerprint density at radius 3 is 2.78 bits per heavy atom. The smallest absolute Gasteiger partial charge is 0.224 e. The van der Waals surface area contributed by atoms with Gasteiger partial charge in [0.1, 0.15) is 0 Å². The molecule has 0 saturated carbocycles. The Labute approximate surface area is 116 Å². The molecule has 4 nitrogen and oxygen atoms in total. The molecule has 0 fully saturated rings. The minimum atomic E-state index is -0.106. The van der Waals surface area contributed by atoms with E-state index in [2.05, 4.69) is 21.2 Å². The van der Waals surface area contributed by atoms with Gasteiger partial charge in [-0.25, -0.2) is 0 Å². The number of hydrogen-bond donors (Lipinski definition) is 2. The standard InChI is InChI=1S/C13H19BrN2O2/c1-9(13(18)15-2)7-16(3)12-6-11(14)5-4-10(12)8-17/h4-6,9,17H,7-8H2,1-3H3,(H,15,18). The minimum absolute atomic E-state index is 0.0126. The summed E-state index contributed by atoms with van der Waals surface area (Å²) < 4.78 is 0.953. The molecular weight excluding hydrogens is 296 g/mol. The molecule has 0 radical (unpaired) electrons. The molecule has 1 aromatic rings. The molecule has 2 N–H and O–H groups in total. The van der Waals surface area contributed by atoms with E-state index >= 15 is 0 Å². The first-order valence-electron chi connectivity index (χ1n) is 5.81. The summed E-state index contributed by atoms with van der Waals surface area (Å²) in [5.41, 5.74) is 1.78. The van der Waals surface area contributed by atoms with Crippen LogP contribution in [0.15, 0.2) is 22.7 Å². The van der Waals surface area contributed by atoms with Crippen LogP contribution in [0.3, 0.4) is 0 Å². The highest BCUT2D eigenvalue weighted by molar-refractivity contribution is 9.10. The molecule has 5 heteroatoms. The van der Waals surface area contributed by atoms with E-state index in [1.165, 1.54) is 0 Å². The monoisotopic (exact) mass is 314 g/mol. The molecule has 0 heterocycles. The van der Waals surface area contributed by atoms with Gasteiger partial charge in [0, 0.05) is 36.4 Å². The van der Waals surface area contributed by atoms with Crippen molar-refractivity contribution in [2.24, 2.45) is 5.92 Å². The molecular formula is C13H19BrN2O2. The predicted molar refractivity (Wildman–Crippen MR) is 76.6 cm³/mol. The van der Waals surface area contributed by atoms with Crippen LogP contribution in [0, 0.1) is 5.92 Å². The van der Waals surface area contributed by atoms with Gasteiger partial charge in [0.15, 0.2) is 0 Å². The van der Waals surface area contributed by atoms with Gasteiger partial charge < -0.3 is 15.3 Å². The van der Waals surface area contributed by atoms with Crippen LogP contribution in [0.2, 0.25) is 0 Å². The lowest BCUT2D eigenvalue weighted by Gasteiger charge is -2.25. The van der Waals surface area contributed by atoms with Gasteiger partial charge in [-0.3, -0.25) is 4.79 Å². The molecule has 0 aromatic heterocycles. The summed E-state index contributed by atoms with van der Waals surface area (Å²) in [4.78, 5) is 13.5. The highest BCUT2D eigenvalue weighted by Crippen LogP contribution is 2.25. The van der Waals surface area contributed by atoms with Gasteiger partial charge in [0.25, 0.3) is 0 Å². The number of benzene rings is 1. The zero-order valence-electron chi connectivity index (χ0n) is 10.9. The fraction of sp³-hybridized carbons (Fsp3) is 0.462. The second-order valence-electron chi connectivity index (χ2n) is 4.33. The zero-order chi connectivity index (χ0) is 13.7. The summed E-state index contributed by atoms with van der Waals surface area (Å²) in [5.74, 6) is -0.0899.